The molecule has 0 unspecified atom stereocenters. The molecule has 0 aromatic heterocycles. The van der Waals surface area contributed by atoms with Gasteiger partial charge in [0.05, 0.1) is 25.2 Å². The molecule has 2 aromatic carbocycles. The molecular weight excluding hydrogens is 466 g/mol. The molecule has 2 aromatic rings. The zero-order valence-corrected chi connectivity index (χ0v) is 20.0. The van der Waals surface area contributed by atoms with Crippen LogP contribution in [0.25, 0.3) is 0 Å². The van der Waals surface area contributed by atoms with Gasteiger partial charge in [-0.3, -0.25) is 4.79 Å². The molecular formula is C24H28F2N2O5S. The maximum atomic E-state index is 13.6. The second-order valence-corrected chi connectivity index (χ2v) is 10.5. The Labute approximate surface area is 198 Å². The van der Waals surface area contributed by atoms with Crippen LogP contribution in [0, 0.1) is 17.6 Å². The summed E-state index contributed by atoms with van der Waals surface area (Å²) in [6, 6.07) is 8.02. The minimum absolute atomic E-state index is 0.00486. The van der Waals surface area contributed by atoms with Crippen LogP contribution in [0.3, 0.4) is 0 Å². The smallest absolute Gasteiger partial charge is 0.243 e. The second-order valence-electron chi connectivity index (χ2n) is 8.55. The molecule has 184 valence electrons. The fourth-order valence-electron chi connectivity index (χ4n) is 4.81. The summed E-state index contributed by atoms with van der Waals surface area (Å²) in [6.45, 7) is 0.913. The van der Waals surface area contributed by atoms with Gasteiger partial charge in [0.2, 0.25) is 15.9 Å². The van der Waals surface area contributed by atoms with E-state index < -0.39 is 21.7 Å². The predicted molar refractivity (Wildman–Crippen MR) is 121 cm³/mol. The SMILES string of the molecule is COc1ccc([C@H]2CCCN2C(=O)C2CCN(S(=O)(=O)c3ccc(F)c(F)c3)CC2)c(OC)c1. The lowest BCUT2D eigenvalue weighted by atomic mass is 9.95. The van der Waals surface area contributed by atoms with Crippen molar-refractivity contribution in [1.29, 1.82) is 0 Å². The topological polar surface area (TPSA) is 76.2 Å². The van der Waals surface area contributed by atoms with Gasteiger partial charge in [0, 0.05) is 37.2 Å². The van der Waals surface area contributed by atoms with E-state index in [0.29, 0.717) is 37.0 Å². The van der Waals surface area contributed by atoms with Crippen molar-refractivity contribution in [3.05, 3.63) is 53.6 Å². The fraction of sp³-hybridized carbons (Fsp3) is 0.458. The number of nitrogens with zero attached hydrogens (tertiary/aromatic N) is 2. The van der Waals surface area contributed by atoms with E-state index in [1.165, 1.54) is 4.31 Å². The summed E-state index contributed by atoms with van der Waals surface area (Å²) in [5, 5.41) is 0. The summed E-state index contributed by atoms with van der Waals surface area (Å²) in [7, 11) is -0.797. The van der Waals surface area contributed by atoms with Crippen molar-refractivity contribution in [1.82, 2.24) is 9.21 Å². The summed E-state index contributed by atoms with van der Waals surface area (Å²) in [4.78, 5) is 15.0. The van der Waals surface area contributed by atoms with Gasteiger partial charge in [-0.2, -0.15) is 4.31 Å². The van der Waals surface area contributed by atoms with Gasteiger partial charge in [-0.15, -0.1) is 0 Å². The van der Waals surface area contributed by atoms with Crippen LogP contribution in [0.2, 0.25) is 0 Å². The Morgan fingerprint density at radius 1 is 0.941 bits per heavy atom. The van der Waals surface area contributed by atoms with E-state index >= 15 is 0 Å². The number of hydrogen-bond donors (Lipinski definition) is 0. The Kier molecular flexibility index (Phi) is 7.09. The first kappa shape index (κ1) is 24.4. The van der Waals surface area contributed by atoms with Gasteiger partial charge in [-0.05, 0) is 56.0 Å². The minimum Gasteiger partial charge on any atom is -0.497 e. The highest BCUT2D eigenvalue weighted by Crippen LogP contribution is 2.40. The van der Waals surface area contributed by atoms with Crippen LogP contribution in [-0.4, -0.2) is 57.4 Å². The molecule has 34 heavy (non-hydrogen) atoms. The molecule has 0 radical (unpaired) electrons. The highest BCUT2D eigenvalue weighted by atomic mass is 32.2. The lowest BCUT2D eigenvalue weighted by Crippen LogP contribution is -2.44. The van der Waals surface area contributed by atoms with Gasteiger partial charge in [-0.25, -0.2) is 17.2 Å². The van der Waals surface area contributed by atoms with Crippen molar-refractivity contribution in [2.75, 3.05) is 33.9 Å². The highest BCUT2D eigenvalue weighted by Gasteiger charge is 2.38. The van der Waals surface area contributed by atoms with Crippen molar-refractivity contribution in [3.63, 3.8) is 0 Å². The number of carbonyl (C=O) groups excluding carboxylic acids is 1. The molecule has 1 amide bonds. The van der Waals surface area contributed by atoms with Crippen LogP contribution in [0.4, 0.5) is 8.78 Å². The lowest BCUT2D eigenvalue weighted by Gasteiger charge is -2.34. The van der Waals surface area contributed by atoms with E-state index in [9.17, 15) is 22.0 Å². The van der Waals surface area contributed by atoms with Crippen LogP contribution in [0.1, 0.15) is 37.3 Å². The quantitative estimate of drug-likeness (QED) is 0.612. The number of sulfonamides is 1. The van der Waals surface area contributed by atoms with E-state index in [1.54, 1.807) is 20.3 Å². The summed E-state index contributed by atoms with van der Waals surface area (Å²) < 4.78 is 64.6. The van der Waals surface area contributed by atoms with Crippen LogP contribution >= 0.6 is 0 Å². The number of piperidine rings is 1. The van der Waals surface area contributed by atoms with Gasteiger partial charge >= 0.3 is 0 Å². The third kappa shape index (κ3) is 4.61. The summed E-state index contributed by atoms with van der Waals surface area (Å²) >= 11 is 0. The van der Waals surface area contributed by atoms with E-state index in [4.69, 9.17) is 9.47 Å². The summed E-state index contributed by atoms with van der Waals surface area (Å²) in [5.41, 5.74) is 0.924. The van der Waals surface area contributed by atoms with Crippen LogP contribution < -0.4 is 9.47 Å². The molecule has 2 fully saturated rings. The van der Waals surface area contributed by atoms with E-state index in [2.05, 4.69) is 0 Å². The first-order valence-corrected chi connectivity index (χ1v) is 12.7. The molecule has 2 aliphatic rings. The molecule has 2 saturated heterocycles. The third-order valence-corrected chi connectivity index (χ3v) is 8.56. The average Bonchev–Trinajstić information content (AvgIpc) is 3.34. The van der Waals surface area contributed by atoms with Crippen molar-refractivity contribution in [2.45, 2.75) is 36.6 Å². The van der Waals surface area contributed by atoms with Gasteiger partial charge in [-0.1, -0.05) is 0 Å². The molecule has 2 aliphatic heterocycles. The zero-order chi connectivity index (χ0) is 24.5. The Morgan fingerprint density at radius 3 is 2.32 bits per heavy atom. The molecule has 4 rings (SSSR count). The number of benzene rings is 2. The van der Waals surface area contributed by atoms with Crippen LogP contribution in [0.15, 0.2) is 41.3 Å². The van der Waals surface area contributed by atoms with Gasteiger partial charge < -0.3 is 14.4 Å². The second kappa shape index (κ2) is 9.87. The average molecular weight is 495 g/mol. The van der Waals surface area contributed by atoms with Crippen LogP contribution in [-0.2, 0) is 14.8 Å². The lowest BCUT2D eigenvalue weighted by molar-refractivity contribution is -0.137. The first-order valence-electron chi connectivity index (χ1n) is 11.2. The molecule has 1 atom stereocenters. The van der Waals surface area contributed by atoms with E-state index in [1.807, 2.05) is 17.0 Å². The summed E-state index contributed by atoms with van der Waals surface area (Å²) in [6.07, 6.45) is 2.42. The normalized spacial score (nSPS) is 19.9. The number of halogens is 2. The molecule has 0 bridgehead atoms. The molecule has 7 nitrogen and oxygen atoms in total. The summed E-state index contributed by atoms with van der Waals surface area (Å²) in [5.74, 6) is -1.27. The molecule has 0 saturated carbocycles. The van der Waals surface area contributed by atoms with E-state index in [0.717, 1.165) is 30.5 Å². The third-order valence-electron chi connectivity index (χ3n) is 6.67. The van der Waals surface area contributed by atoms with Crippen molar-refractivity contribution < 1.29 is 31.5 Å². The first-order chi connectivity index (χ1) is 16.3. The highest BCUT2D eigenvalue weighted by molar-refractivity contribution is 7.89. The number of likely N-dealkylation sites (tertiary alicyclic amines) is 1. The maximum absolute atomic E-state index is 13.6. The Balaban J connectivity index is 1.45. The number of hydrogen-bond acceptors (Lipinski definition) is 5. The standard InChI is InChI=1S/C24H28F2N2O5S/c1-32-17-5-7-19(23(14-17)33-2)22-4-3-11-28(22)24(29)16-9-12-27(13-10-16)34(30,31)18-6-8-20(25)21(26)15-18/h5-8,14-16,22H,3-4,9-13H2,1-2H3/t22-/m1/s1. The zero-order valence-electron chi connectivity index (χ0n) is 19.2. The van der Waals surface area contributed by atoms with Crippen LogP contribution in [0.5, 0.6) is 11.5 Å². The maximum Gasteiger partial charge on any atom is 0.243 e. The molecule has 10 heteroatoms. The predicted octanol–water partition coefficient (Wildman–Crippen LogP) is 3.75. The number of rotatable bonds is 6. The van der Waals surface area contributed by atoms with E-state index in [-0.39, 0.29) is 35.9 Å². The van der Waals surface area contributed by atoms with Crippen molar-refractivity contribution >= 4 is 15.9 Å². The van der Waals surface area contributed by atoms with Gasteiger partial charge in [0.15, 0.2) is 11.6 Å². The number of amides is 1. The Bertz CT molecular complexity index is 1170. The number of carbonyl (C=O) groups is 1. The fourth-order valence-corrected chi connectivity index (χ4v) is 6.29. The molecule has 0 aliphatic carbocycles. The Morgan fingerprint density at radius 2 is 1.68 bits per heavy atom. The molecule has 0 N–H and O–H groups in total. The molecule has 0 spiro atoms. The van der Waals surface area contributed by atoms with Gasteiger partial charge in [0.1, 0.15) is 11.5 Å². The number of ether oxygens (including phenoxy) is 2. The van der Waals surface area contributed by atoms with Gasteiger partial charge in [0.25, 0.3) is 0 Å². The number of methoxy groups -OCH3 is 2. The minimum atomic E-state index is -3.97. The molecule has 2 heterocycles. The van der Waals surface area contributed by atoms with Crippen molar-refractivity contribution in [2.24, 2.45) is 5.92 Å². The largest absolute Gasteiger partial charge is 0.497 e. The monoisotopic (exact) mass is 494 g/mol. The van der Waals surface area contributed by atoms with Crippen molar-refractivity contribution in [3.8, 4) is 11.5 Å². The Hall–Kier alpha value is -2.72.